The van der Waals surface area contributed by atoms with E-state index in [2.05, 4.69) is 10.1 Å². The van der Waals surface area contributed by atoms with Crippen molar-refractivity contribution >= 4 is 56.5 Å². The normalized spacial score (nSPS) is 19.3. The van der Waals surface area contributed by atoms with Gasteiger partial charge in [0.1, 0.15) is 12.2 Å². The summed E-state index contributed by atoms with van der Waals surface area (Å²) in [4.78, 5) is 30.6. The molecule has 1 aliphatic rings. The van der Waals surface area contributed by atoms with Crippen LogP contribution in [0.15, 0.2) is 40.3 Å². The van der Waals surface area contributed by atoms with Crippen LogP contribution < -0.4 is 0 Å². The van der Waals surface area contributed by atoms with Crippen LogP contribution >= 0.6 is 34.7 Å². The van der Waals surface area contributed by atoms with E-state index >= 15 is 0 Å². The Labute approximate surface area is 210 Å². The number of thiophene rings is 1. The summed E-state index contributed by atoms with van der Waals surface area (Å²) < 4.78 is 72.1. The number of carbonyl (C=O) groups excluding carboxylic acids is 2. The first-order valence-electron chi connectivity index (χ1n) is 9.85. The fourth-order valence-corrected chi connectivity index (χ4v) is 6.55. The number of alkyl halides is 3. The second-order valence-corrected chi connectivity index (χ2v) is 12.2. The van der Waals surface area contributed by atoms with Gasteiger partial charge in [-0.25, -0.2) is 17.7 Å². The van der Waals surface area contributed by atoms with Gasteiger partial charge in [-0.05, 0) is 24.6 Å². The van der Waals surface area contributed by atoms with Gasteiger partial charge >= 0.3 is 6.18 Å². The van der Waals surface area contributed by atoms with E-state index in [1.807, 2.05) is 0 Å². The number of halogens is 4. The molecule has 0 aliphatic carbocycles. The zero-order valence-electron chi connectivity index (χ0n) is 17.7. The quantitative estimate of drug-likeness (QED) is 0.410. The molecule has 16 heteroatoms. The fraction of sp³-hybridized carbons (Fsp3) is 0.368. The molecule has 1 aliphatic heterocycles. The summed E-state index contributed by atoms with van der Waals surface area (Å²) in [5.74, 6) is -6.61. The molecule has 2 atom stereocenters. The van der Waals surface area contributed by atoms with Gasteiger partial charge in [0.05, 0.1) is 22.4 Å². The van der Waals surface area contributed by atoms with E-state index in [0.717, 1.165) is 27.6 Å². The fourth-order valence-electron chi connectivity index (χ4n) is 3.61. The highest BCUT2D eigenvalue weighted by molar-refractivity contribution is 7.98. The molecule has 3 aromatic heterocycles. The second-order valence-electron chi connectivity index (χ2n) is 7.56. The topological polar surface area (TPSA) is 115 Å². The standard InChI is InChI=1S/C19H16ClF3N4O5S3/c1-35(30,31)26-6-4-12(14(17(26)29)19(21,22)23)15-24-18(33-9-11-2-3-13(20)34-11)27(25-15)16(28)10-5-7-32-8-10/h2-3,5,7-8,12,14H,4,6,9H2,1H3. The monoisotopic (exact) mass is 568 g/mol. The van der Waals surface area contributed by atoms with Crippen LogP contribution in [0.1, 0.15) is 33.4 Å². The van der Waals surface area contributed by atoms with Crippen molar-refractivity contribution in [3.8, 4) is 0 Å². The second kappa shape index (κ2) is 9.59. The number of nitrogens with zero attached hydrogens (tertiary/aromatic N) is 4. The third-order valence-electron chi connectivity index (χ3n) is 5.17. The molecule has 2 unspecified atom stereocenters. The third kappa shape index (κ3) is 5.42. The number of hydrogen-bond donors (Lipinski definition) is 0. The van der Waals surface area contributed by atoms with Crippen LogP contribution in [-0.4, -0.2) is 58.3 Å². The van der Waals surface area contributed by atoms with Gasteiger partial charge in [0.2, 0.25) is 15.9 Å². The Morgan fingerprint density at radius 1 is 1.34 bits per heavy atom. The zero-order valence-corrected chi connectivity index (χ0v) is 20.9. The molecule has 0 bridgehead atoms. The van der Waals surface area contributed by atoms with Crippen molar-refractivity contribution < 1.29 is 35.6 Å². The van der Waals surface area contributed by atoms with Crippen molar-refractivity contribution in [2.45, 2.75) is 29.4 Å². The summed E-state index contributed by atoms with van der Waals surface area (Å²) in [6.07, 6.45) is -2.35. The Morgan fingerprint density at radius 3 is 2.66 bits per heavy atom. The molecule has 9 nitrogen and oxygen atoms in total. The van der Waals surface area contributed by atoms with Crippen molar-refractivity contribution in [1.82, 2.24) is 19.1 Å². The van der Waals surface area contributed by atoms with Gasteiger partial charge in [-0.3, -0.25) is 9.59 Å². The number of piperidine rings is 1. The number of carbonyl (C=O) groups is 2. The van der Waals surface area contributed by atoms with Gasteiger partial charge in [0, 0.05) is 23.1 Å². The van der Waals surface area contributed by atoms with Crippen LogP contribution in [0.2, 0.25) is 4.34 Å². The number of furan rings is 1. The SMILES string of the molecule is CS(=O)(=O)N1CCC(c2nc(SCc3ccc(Cl)s3)n(C(=O)c3ccoc3)n2)C(C(F)(F)F)C1=O. The smallest absolute Gasteiger partial charge is 0.401 e. The van der Waals surface area contributed by atoms with E-state index in [-0.39, 0.29) is 27.3 Å². The zero-order chi connectivity index (χ0) is 25.5. The summed E-state index contributed by atoms with van der Waals surface area (Å²) in [5, 5.41) is 4.05. The lowest BCUT2D eigenvalue weighted by Crippen LogP contribution is -2.52. The molecule has 0 radical (unpaired) electrons. The molecule has 0 aromatic carbocycles. The largest absolute Gasteiger partial charge is 0.472 e. The molecule has 4 rings (SSSR count). The van der Waals surface area contributed by atoms with E-state index in [0.29, 0.717) is 16.3 Å². The molecule has 35 heavy (non-hydrogen) atoms. The van der Waals surface area contributed by atoms with E-state index in [1.54, 1.807) is 12.1 Å². The highest BCUT2D eigenvalue weighted by Gasteiger charge is 2.56. The predicted octanol–water partition coefficient (Wildman–Crippen LogP) is 4.02. The van der Waals surface area contributed by atoms with E-state index in [9.17, 15) is 31.2 Å². The summed E-state index contributed by atoms with van der Waals surface area (Å²) in [6, 6.07) is 4.81. The number of aromatic nitrogens is 3. The minimum Gasteiger partial charge on any atom is -0.472 e. The molecule has 3 aromatic rings. The molecule has 1 fully saturated rings. The average molecular weight is 569 g/mol. The molecule has 0 saturated carbocycles. The molecule has 0 N–H and O–H groups in total. The maximum Gasteiger partial charge on any atom is 0.401 e. The van der Waals surface area contributed by atoms with Crippen molar-refractivity contribution in [3.63, 3.8) is 0 Å². The van der Waals surface area contributed by atoms with Crippen LogP contribution in [0.3, 0.4) is 0 Å². The van der Waals surface area contributed by atoms with Gasteiger partial charge < -0.3 is 4.42 Å². The maximum absolute atomic E-state index is 13.9. The van der Waals surface area contributed by atoms with Gasteiger partial charge in [-0.2, -0.15) is 17.9 Å². The van der Waals surface area contributed by atoms with Crippen LogP contribution in [0.4, 0.5) is 13.2 Å². The molecule has 4 heterocycles. The first kappa shape index (κ1) is 25.7. The Bertz CT molecular complexity index is 1350. The maximum atomic E-state index is 13.9. The van der Waals surface area contributed by atoms with Crippen molar-refractivity contribution in [3.05, 3.63) is 51.3 Å². The summed E-state index contributed by atoms with van der Waals surface area (Å²) in [6.45, 7) is -0.463. The third-order valence-corrected chi connectivity index (χ3v) is 8.72. The van der Waals surface area contributed by atoms with Crippen LogP contribution in [0.25, 0.3) is 0 Å². The number of hydrogen-bond acceptors (Lipinski definition) is 9. The molecule has 1 amide bonds. The average Bonchev–Trinajstić information content (AvgIpc) is 3.50. The van der Waals surface area contributed by atoms with Crippen LogP contribution in [0.5, 0.6) is 0 Å². The Hall–Kier alpha value is -2.36. The Balaban J connectivity index is 1.72. The first-order valence-corrected chi connectivity index (χ1v) is 13.9. The van der Waals surface area contributed by atoms with E-state index in [1.165, 1.54) is 23.7 Å². The van der Waals surface area contributed by atoms with Crippen LogP contribution in [-0.2, 0) is 20.6 Å². The van der Waals surface area contributed by atoms with Gasteiger partial charge in [-0.15, -0.1) is 16.4 Å². The Kier molecular flexibility index (Phi) is 7.05. The summed E-state index contributed by atoms with van der Waals surface area (Å²) >= 11 is 8.29. The van der Waals surface area contributed by atoms with Gasteiger partial charge in [-0.1, -0.05) is 23.4 Å². The number of rotatable bonds is 6. The lowest BCUT2D eigenvalue weighted by atomic mass is 9.84. The molecule has 188 valence electrons. The molecule has 1 saturated heterocycles. The number of thioether (sulfide) groups is 1. The molecule has 0 spiro atoms. The minimum atomic E-state index is -5.06. The molecular weight excluding hydrogens is 553 g/mol. The first-order chi connectivity index (χ1) is 16.4. The van der Waals surface area contributed by atoms with E-state index in [4.69, 9.17) is 16.0 Å². The predicted molar refractivity (Wildman–Crippen MR) is 121 cm³/mol. The summed E-state index contributed by atoms with van der Waals surface area (Å²) in [5.41, 5.74) is 0.0952. The highest BCUT2D eigenvalue weighted by Crippen LogP contribution is 2.43. The van der Waals surface area contributed by atoms with Crippen molar-refractivity contribution in [2.75, 3.05) is 12.8 Å². The molecular formula is C19H16ClF3N4O5S3. The Morgan fingerprint density at radius 2 is 2.09 bits per heavy atom. The van der Waals surface area contributed by atoms with E-state index < -0.39 is 46.4 Å². The number of sulfonamides is 1. The lowest BCUT2D eigenvalue weighted by Gasteiger charge is -2.36. The minimum absolute atomic E-state index is 0.00892. The van der Waals surface area contributed by atoms with Gasteiger partial charge in [0.15, 0.2) is 11.0 Å². The summed E-state index contributed by atoms with van der Waals surface area (Å²) in [7, 11) is -4.20. The van der Waals surface area contributed by atoms with Crippen molar-refractivity contribution in [2.24, 2.45) is 5.92 Å². The highest BCUT2D eigenvalue weighted by atomic mass is 35.5. The number of amides is 1. The lowest BCUT2D eigenvalue weighted by molar-refractivity contribution is -0.195. The van der Waals surface area contributed by atoms with Gasteiger partial charge in [0.25, 0.3) is 5.91 Å². The van der Waals surface area contributed by atoms with Crippen LogP contribution in [0, 0.1) is 5.92 Å². The van der Waals surface area contributed by atoms with Crippen molar-refractivity contribution in [1.29, 1.82) is 0 Å².